The number of hydrogen-bond acceptors (Lipinski definition) is 2. The molecular formula is C29H40O2Si. The lowest BCUT2D eigenvalue weighted by Gasteiger charge is -2.42. The van der Waals surface area contributed by atoms with Crippen LogP contribution in [0.1, 0.15) is 60.8 Å². The second kappa shape index (κ2) is 12.1. The molecule has 2 rings (SSSR count). The Bertz CT molecular complexity index is 852. The minimum absolute atomic E-state index is 0.00792. The maximum Gasteiger partial charge on any atom is 0.261 e. The van der Waals surface area contributed by atoms with Gasteiger partial charge >= 0.3 is 0 Å². The molecule has 0 saturated carbocycles. The third kappa shape index (κ3) is 6.63. The molecule has 0 aliphatic carbocycles. The number of rotatable bonds is 11. The Balaban J connectivity index is 2.21. The molecule has 0 aromatic heterocycles. The first-order valence-corrected chi connectivity index (χ1v) is 13.6. The zero-order valence-electron chi connectivity index (χ0n) is 20.7. The topological polar surface area (TPSA) is 26.3 Å². The molecule has 0 amide bonds. The SMILES string of the molecule is C/C(=C\CO[Si](c1ccccc1)(c1ccccc1)C(C)(C)C)CC/C=C(\C)[C@@H](C)CC=O. The zero-order valence-corrected chi connectivity index (χ0v) is 21.7. The predicted molar refractivity (Wildman–Crippen MR) is 140 cm³/mol. The molecule has 0 bridgehead atoms. The Labute approximate surface area is 196 Å². The third-order valence-corrected chi connectivity index (χ3v) is 11.4. The summed E-state index contributed by atoms with van der Waals surface area (Å²) in [6.07, 6.45) is 8.14. The Morgan fingerprint density at radius 2 is 1.47 bits per heavy atom. The van der Waals surface area contributed by atoms with E-state index < -0.39 is 8.32 Å². The number of hydrogen-bond donors (Lipinski definition) is 0. The van der Waals surface area contributed by atoms with E-state index >= 15 is 0 Å². The second-order valence-corrected chi connectivity index (χ2v) is 14.1. The predicted octanol–water partition coefficient (Wildman–Crippen LogP) is 6.46. The molecule has 0 unspecified atom stereocenters. The summed E-state index contributed by atoms with van der Waals surface area (Å²) in [5.74, 6) is 0.329. The molecule has 32 heavy (non-hydrogen) atoms. The van der Waals surface area contributed by atoms with E-state index in [4.69, 9.17) is 4.43 Å². The molecule has 0 fully saturated rings. The smallest absolute Gasteiger partial charge is 0.261 e. The normalized spacial score (nSPS) is 14.3. The van der Waals surface area contributed by atoms with Gasteiger partial charge in [0.05, 0.1) is 6.61 Å². The molecule has 2 aromatic carbocycles. The van der Waals surface area contributed by atoms with E-state index in [0.29, 0.717) is 18.9 Å². The first kappa shape index (κ1) is 26.0. The molecule has 1 atom stereocenters. The van der Waals surface area contributed by atoms with Gasteiger partial charge in [-0.05, 0) is 48.0 Å². The summed E-state index contributed by atoms with van der Waals surface area (Å²) >= 11 is 0. The van der Waals surface area contributed by atoms with Crippen molar-refractivity contribution < 1.29 is 9.22 Å². The summed E-state index contributed by atoms with van der Waals surface area (Å²) in [4.78, 5) is 10.7. The van der Waals surface area contributed by atoms with Crippen LogP contribution in [0.4, 0.5) is 0 Å². The molecule has 0 aliphatic rings. The first-order valence-electron chi connectivity index (χ1n) is 11.7. The van der Waals surface area contributed by atoms with E-state index in [1.54, 1.807) is 0 Å². The summed E-state index contributed by atoms with van der Waals surface area (Å²) < 4.78 is 6.94. The van der Waals surface area contributed by atoms with Crippen LogP contribution >= 0.6 is 0 Å². The van der Waals surface area contributed by atoms with Crippen LogP contribution < -0.4 is 10.4 Å². The third-order valence-electron chi connectivity index (χ3n) is 6.38. The van der Waals surface area contributed by atoms with Gasteiger partial charge in [0.2, 0.25) is 0 Å². The van der Waals surface area contributed by atoms with Gasteiger partial charge < -0.3 is 9.22 Å². The Kier molecular flexibility index (Phi) is 9.86. The molecule has 0 aliphatic heterocycles. The van der Waals surface area contributed by atoms with Gasteiger partial charge in [-0.15, -0.1) is 0 Å². The van der Waals surface area contributed by atoms with Crippen molar-refractivity contribution in [2.45, 2.75) is 65.8 Å². The zero-order chi connectivity index (χ0) is 23.6. The molecule has 0 radical (unpaired) electrons. The first-order chi connectivity index (χ1) is 15.2. The van der Waals surface area contributed by atoms with E-state index in [2.05, 4.69) is 114 Å². The molecule has 0 N–H and O–H groups in total. The lowest BCUT2D eigenvalue weighted by atomic mass is 9.98. The molecule has 172 valence electrons. The summed E-state index contributed by atoms with van der Waals surface area (Å²) in [6.45, 7) is 14.0. The summed E-state index contributed by atoms with van der Waals surface area (Å²) in [6, 6.07) is 21.6. The second-order valence-electron chi connectivity index (χ2n) is 9.81. The van der Waals surface area contributed by atoms with E-state index in [-0.39, 0.29) is 5.04 Å². The fourth-order valence-electron chi connectivity index (χ4n) is 4.23. The summed E-state index contributed by atoms with van der Waals surface area (Å²) in [7, 11) is -2.48. The van der Waals surface area contributed by atoms with Gasteiger partial charge in [0.15, 0.2) is 0 Å². The van der Waals surface area contributed by atoms with Gasteiger partial charge in [-0.2, -0.15) is 0 Å². The van der Waals surface area contributed by atoms with Gasteiger partial charge in [0.25, 0.3) is 8.32 Å². The standard InChI is InChI=1S/C29H40O2Si/c1-24(14-13-15-25(2)26(3)20-22-30)21-23-31-32(29(4,5)6,27-16-9-7-10-17-27)28-18-11-8-12-19-28/h7-12,15-19,21-22,26H,13-14,20,23H2,1-6H3/b24-21+,25-15+/t26-/m0/s1. The number of benzene rings is 2. The van der Waals surface area contributed by atoms with Crippen LogP contribution in [0.3, 0.4) is 0 Å². The van der Waals surface area contributed by atoms with Crippen LogP contribution in [-0.2, 0) is 9.22 Å². The van der Waals surface area contributed by atoms with Crippen molar-refractivity contribution in [2.75, 3.05) is 6.61 Å². The largest absolute Gasteiger partial charge is 0.404 e. The average molecular weight is 449 g/mol. The van der Waals surface area contributed by atoms with Gasteiger partial charge in [-0.1, -0.05) is 112 Å². The van der Waals surface area contributed by atoms with Crippen molar-refractivity contribution in [3.05, 3.63) is 84.0 Å². The van der Waals surface area contributed by atoms with Crippen molar-refractivity contribution in [1.82, 2.24) is 0 Å². The monoisotopic (exact) mass is 448 g/mol. The van der Waals surface area contributed by atoms with Crippen LogP contribution in [0.15, 0.2) is 84.0 Å². The van der Waals surface area contributed by atoms with Gasteiger partial charge in [0.1, 0.15) is 6.29 Å². The van der Waals surface area contributed by atoms with Gasteiger partial charge in [0, 0.05) is 6.42 Å². The number of carbonyl (C=O) groups excluding carboxylic acids is 1. The van der Waals surface area contributed by atoms with Crippen molar-refractivity contribution >= 4 is 25.0 Å². The van der Waals surface area contributed by atoms with Crippen molar-refractivity contribution in [2.24, 2.45) is 5.92 Å². The maximum absolute atomic E-state index is 10.7. The molecule has 0 heterocycles. The van der Waals surface area contributed by atoms with Crippen LogP contribution in [0.5, 0.6) is 0 Å². The minimum Gasteiger partial charge on any atom is -0.404 e. The molecular weight excluding hydrogens is 408 g/mol. The number of aldehydes is 1. The minimum atomic E-state index is -2.48. The lowest BCUT2D eigenvalue weighted by molar-refractivity contribution is -0.108. The van der Waals surface area contributed by atoms with Crippen LogP contribution in [0, 0.1) is 5.92 Å². The highest BCUT2D eigenvalue weighted by Gasteiger charge is 2.49. The highest BCUT2D eigenvalue weighted by Crippen LogP contribution is 2.36. The Hall–Kier alpha value is -2.23. The van der Waals surface area contributed by atoms with Gasteiger partial charge in [-0.3, -0.25) is 0 Å². The van der Waals surface area contributed by atoms with Gasteiger partial charge in [-0.25, -0.2) is 0 Å². The summed E-state index contributed by atoms with van der Waals surface area (Å²) in [5.41, 5.74) is 2.64. The highest BCUT2D eigenvalue weighted by atomic mass is 28.4. The van der Waals surface area contributed by atoms with Crippen LogP contribution in [0.25, 0.3) is 0 Å². The molecule has 0 saturated heterocycles. The van der Waals surface area contributed by atoms with Crippen LogP contribution in [-0.4, -0.2) is 21.2 Å². The molecule has 0 spiro atoms. The highest BCUT2D eigenvalue weighted by molar-refractivity contribution is 6.99. The maximum atomic E-state index is 10.7. The fraction of sp³-hybridized carbons (Fsp3) is 0.414. The van der Waals surface area contributed by atoms with Crippen molar-refractivity contribution in [1.29, 1.82) is 0 Å². The van der Waals surface area contributed by atoms with Crippen molar-refractivity contribution in [3.63, 3.8) is 0 Å². The molecule has 2 nitrogen and oxygen atoms in total. The lowest BCUT2D eigenvalue weighted by Crippen LogP contribution is -2.66. The molecule has 2 aromatic rings. The van der Waals surface area contributed by atoms with Crippen molar-refractivity contribution in [3.8, 4) is 0 Å². The van der Waals surface area contributed by atoms with E-state index in [9.17, 15) is 4.79 Å². The summed E-state index contributed by atoms with van der Waals surface area (Å²) in [5, 5.41) is 2.62. The average Bonchev–Trinajstić information content (AvgIpc) is 2.77. The number of allylic oxidation sites excluding steroid dienone is 3. The fourth-order valence-corrected chi connectivity index (χ4v) is 8.72. The molecule has 3 heteroatoms. The van der Waals surface area contributed by atoms with E-state index in [1.807, 2.05) is 0 Å². The Morgan fingerprint density at radius 3 is 1.94 bits per heavy atom. The van der Waals surface area contributed by atoms with E-state index in [0.717, 1.165) is 19.1 Å². The number of carbonyl (C=O) groups is 1. The van der Waals surface area contributed by atoms with E-state index in [1.165, 1.54) is 21.5 Å². The van der Waals surface area contributed by atoms with Crippen LogP contribution in [0.2, 0.25) is 5.04 Å². The Morgan fingerprint density at radius 1 is 0.938 bits per heavy atom. The quantitative estimate of drug-likeness (QED) is 0.224.